The van der Waals surface area contributed by atoms with Gasteiger partial charge in [0.2, 0.25) is 0 Å². The predicted molar refractivity (Wildman–Crippen MR) is 102 cm³/mol. The van der Waals surface area contributed by atoms with Gasteiger partial charge in [-0.3, -0.25) is 4.79 Å². The van der Waals surface area contributed by atoms with E-state index in [4.69, 9.17) is 5.73 Å². The summed E-state index contributed by atoms with van der Waals surface area (Å²) in [5.74, 6) is 1.17. The summed E-state index contributed by atoms with van der Waals surface area (Å²) in [6.45, 7) is 4.20. The van der Waals surface area contributed by atoms with Gasteiger partial charge in [-0.05, 0) is 37.8 Å². The number of piperidine rings is 1. The second-order valence-corrected chi connectivity index (χ2v) is 6.96. The molecule has 3 heterocycles. The molecule has 1 saturated heterocycles. The minimum absolute atomic E-state index is 0.306. The molecule has 2 N–H and O–H groups in total. The average Bonchev–Trinajstić information content (AvgIpc) is 3.08. The SMILES string of the molecule is CC(C1CCN(c2ccncn2)CC1)n1cc(C(N)=O)c2ccccc21. The van der Waals surface area contributed by atoms with E-state index in [1.54, 1.807) is 12.5 Å². The van der Waals surface area contributed by atoms with Crippen LogP contribution in [0.4, 0.5) is 5.82 Å². The molecule has 26 heavy (non-hydrogen) atoms. The lowest BCUT2D eigenvalue weighted by molar-refractivity contribution is 0.100. The maximum Gasteiger partial charge on any atom is 0.250 e. The summed E-state index contributed by atoms with van der Waals surface area (Å²) in [6, 6.07) is 10.3. The zero-order chi connectivity index (χ0) is 18.1. The van der Waals surface area contributed by atoms with Gasteiger partial charge in [0.15, 0.2) is 0 Å². The number of anilines is 1. The van der Waals surface area contributed by atoms with Crippen LogP contribution in [0.15, 0.2) is 49.1 Å². The van der Waals surface area contributed by atoms with E-state index in [-0.39, 0.29) is 5.91 Å². The number of para-hydroxylation sites is 1. The second-order valence-electron chi connectivity index (χ2n) is 6.96. The number of carbonyl (C=O) groups is 1. The molecule has 1 atom stereocenters. The molecule has 0 bridgehead atoms. The van der Waals surface area contributed by atoms with Gasteiger partial charge >= 0.3 is 0 Å². The normalized spacial score (nSPS) is 16.7. The molecule has 1 aliphatic heterocycles. The smallest absolute Gasteiger partial charge is 0.250 e. The van der Waals surface area contributed by atoms with Gasteiger partial charge in [-0.2, -0.15) is 0 Å². The van der Waals surface area contributed by atoms with Crippen molar-refractivity contribution in [1.29, 1.82) is 0 Å². The van der Waals surface area contributed by atoms with Crippen LogP contribution in [0.5, 0.6) is 0 Å². The van der Waals surface area contributed by atoms with Crippen LogP contribution in [0, 0.1) is 5.92 Å². The van der Waals surface area contributed by atoms with Crippen molar-refractivity contribution in [3.63, 3.8) is 0 Å². The van der Waals surface area contributed by atoms with E-state index in [2.05, 4.69) is 32.4 Å². The molecule has 3 aromatic rings. The standard InChI is InChI=1S/C20H23N5O/c1-14(15-7-10-24(11-8-15)19-6-9-22-13-23-19)25-12-17(20(21)26)16-4-2-3-5-18(16)25/h2-6,9,12-15H,7-8,10-11H2,1H3,(H2,21,26). The molecule has 1 aliphatic rings. The summed E-state index contributed by atoms with van der Waals surface area (Å²) >= 11 is 0. The van der Waals surface area contributed by atoms with Crippen molar-refractivity contribution in [2.75, 3.05) is 18.0 Å². The Kier molecular flexibility index (Phi) is 4.32. The number of primary amides is 1. The largest absolute Gasteiger partial charge is 0.366 e. The number of amides is 1. The Balaban J connectivity index is 1.55. The summed E-state index contributed by atoms with van der Waals surface area (Å²) in [5, 5.41) is 0.935. The van der Waals surface area contributed by atoms with Crippen LogP contribution in [0.1, 0.15) is 36.2 Å². The molecular formula is C20H23N5O. The Morgan fingerprint density at radius 1 is 1.23 bits per heavy atom. The molecule has 6 heteroatoms. The van der Waals surface area contributed by atoms with Crippen LogP contribution in [0.25, 0.3) is 10.9 Å². The van der Waals surface area contributed by atoms with E-state index in [9.17, 15) is 4.79 Å². The lowest BCUT2D eigenvalue weighted by Gasteiger charge is -2.36. The number of hydrogen-bond donors (Lipinski definition) is 1. The fourth-order valence-corrected chi connectivity index (χ4v) is 4.05. The number of hydrogen-bond acceptors (Lipinski definition) is 4. The Morgan fingerprint density at radius 2 is 2.00 bits per heavy atom. The molecular weight excluding hydrogens is 326 g/mol. The minimum atomic E-state index is -0.370. The van der Waals surface area contributed by atoms with Gasteiger partial charge < -0.3 is 15.2 Å². The van der Waals surface area contributed by atoms with Gasteiger partial charge in [0, 0.05) is 42.4 Å². The van der Waals surface area contributed by atoms with Crippen molar-refractivity contribution in [3.05, 3.63) is 54.6 Å². The molecule has 1 fully saturated rings. The van der Waals surface area contributed by atoms with Crippen LogP contribution in [-0.2, 0) is 0 Å². The number of carbonyl (C=O) groups excluding carboxylic acids is 1. The molecule has 0 radical (unpaired) electrons. The summed E-state index contributed by atoms with van der Waals surface area (Å²) < 4.78 is 2.22. The van der Waals surface area contributed by atoms with Gasteiger partial charge in [0.1, 0.15) is 12.1 Å². The van der Waals surface area contributed by atoms with Crippen molar-refractivity contribution in [2.45, 2.75) is 25.8 Å². The minimum Gasteiger partial charge on any atom is -0.366 e. The van der Waals surface area contributed by atoms with Gasteiger partial charge in [-0.1, -0.05) is 18.2 Å². The Hall–Kier alpha value is -2.89. The zero-order valence-corrected chi connectivity index (χ0v) is 14.9. The van der Waals surface area contributed by atoms with Gasteiger partial charge in [-0.15, -0.1) is 0 Å². The number of rotatable bonds is 4. The molecule has 1 unspecified atom stereocenters. The van der Waals surface area contributed by atoms with E-state index in [1.807, 2.05) is 30.5 Å². The third-order valence-electron chi connectivity index (χ3n) is 5.56. The van der Waals surface area contributed by atoms with Crippen molar-refractivity contribution in [1.82, 2.24) is 14.5 Å². The van der Waals surface area contributed by atoms with Gasteiger partial charge in [-0.25, -0.2) is 9.97 Å². The molecule has 0 spiro atoms. The average molecular weight is 349 g/mol. The summed E-state index contributed by atoms with van der Waals surface area (Å²) in [6.07, 6.45) is 7.48. The van der Waals surface area contributed by atoms with Gasteiger partial charge in [0.25, 0.3) is 5.91 Å². The van der Waals surface area contributed by atoms with Gasteiger partial charge in [0.05, 0.1) is 5.56 Å². The van der Waals surface area contributed by atoms with E-state index >= 15 is 0 Å². The van der Waals surface area contributed by atoms with Crippen LogP contribution in [0.3, 0.4) is 0 Å². The highest BCUT2D eigenvalue weighted by Gasteiger charge is 2.27. The van der Waals surface area contributed by atoms with Crippen molar-refractivity contribution >= 4 is 22.6 Å². The number of nitrogens with zero attached hydrogens (tertiary/aromatic N) is 4. The predicted octanol–water partition coefficient (Wildman–Crippen LogP) is 3.01. The highest BCUT2D eigenvalue weighted by atomic mass is 16.1. The van der Waals surface area contributed by atoms with Crippen LogP contribution < -0.4 is 10.6 Å². The third kappa shape index (κ3) is 2.92. The summed E-state index contributed by atoms with van der Waals surface area (Å²) in [7, 11) is 0. The van der Waals surface area contributed by atoms with Crippen molar-refractivity contribution < 1.29 is 4.79 Å². The Labute approximate surface area is 152 Å². The maximum absolute atomic E-state index is 11.8. The van der Waals surface area contributed by atoms with Crippen LogP contribution >= 0.6 is 0 Å². The number of fused-ring (bicyclic) bond motifs is 1. The third-order valence-corrected chi connectivity index (χ3v) is 5.56. The molecule has 0 aliphatic carbocycles. The second kappa shape index (κ2) is 6.78. The van der Waals surface area contributed by atoms with Crippen LogP contribution in [0.2, 0.25) is 0 Å². The first-order valence-electron chi connectivity index (χ1n) is 9.05. The highest BCUT2D eigenvalue weighted by molar-refractivity contribution is 6.06. The van der Waals surface area contributed by atoms with E-state index in [0.29, 0.717) is 17.5 Å². The Bertz CT molecular complexity index is 912. The number of aromatic nitrogens is 3. The monoisotopic (exact) mass is 349 g/mol. The summed E-state index contributed by atoms with van der Waals surface area (Å²) in [5.41, 5.74) is 7.26. The molecule has 2 aromatic heterocycles. The fraction of sp³-hybridized carbons (Fsp3) is 0.350. The number of nitrogens with two attached hydrogens (primary N) is 1. The first-order valence-corrected chi connectivity index (χ1v) is 9.05. The van der Waals surface area contributed by atoms with E-state index in [0.717, 1.165) is 42.7 Å². The molecule has 0 saturated carbocycles. The first-order chi connectivity index (χ1) is 12.6. The van der Waals surface area contributed by atoms with Crippen molar-refractivity contribution in [2.24, 2.45) is 11.7 Å². The highest BCUT2D eigenvalue weighted by Crippen LogP contribution is 2.33. The lowest BCUT2D eigenvalue weighted by atomic mass is 9.90. The van der Waals surface area contributed by atoms with E-state index in [1.165, 1.54) is 0 Å². The zero-order valence-electron chi connectivity index (χ0n) is 14.9. The molecule has 6 nitrogen and oxygen atoms in total. The molecule has 1 aromatic carbocycles. The number of benzene rings is 1. The fourth-order valence-electron chi connectivity index (χ4n) is 4.05. The molecule has 134 valence electrons. The molecule has 4 rings (SSSR count). The van der Waals surface area contributed by atoms with Crippen LogP contribution in [-0.4, -0.2) is 33.5 Å². The topological polar surface area (TPSA) is 77.0 Å². The summed E-state index contributed by atoms with van der Waals surface area (Å²) in [4.78, 5) is 22.5. The quantitative estimate of drug-likeness (QED) is 0.785. The van der Waals surface area contributed by atoms with E-state index < -0.39 is 0 Å². The lowest BCUT2D eigenvalue weighted by Crippen LogP contribution is -2.36. The first kappa shape index (κ1) is 16.6. The maximum atomic E-state index is 11.8. The molecule has 1 amide bonds. The van der Waals surface area contributed by atoms with Crippen molar-refractivity contribution in [3.8, 4) is 0 Å². The Morgan fingerprint density at radius 3 is 2.69 bits per heavy atom.